The number of piperidine rings is 1. The Balaban J connectivity index is 1.63. The van der Waals surface area contributed by atoms with E-state index < -0.39 is 11.6 Å². The van der Waals surface area contributed by atoms with Gasteiger partial charge in [-0.1, -0.05) is 17.7 Å². The van der Waals surface area contributed by atoms with Gasteiger partial charge in [-0.25, -0.2) is 4.79 Å². The lowest BCUT2D eigenvalue weighted by atomic mass is 10.0. The third-order valence-corrected chi connectivity index (χ3v) is 6.02. The molecule has 0 aliphatic carbocycles. The van der Waals surface area contributed by atoms with E-state index in [9.17, 15) is 14.7 Å². The summed E-state index contributed by atoms with van der Waals surface area (Å²) >= 11 is 6.18. The highest BCUT2D eigenvalue weighted by Gasteiger charge is 2.29. The van der Waals surface area contributed by atoms with Crippen molar-refractivity contribution in [1.82, 2.24) is 5.32 Å². The number of carbonyl (C=O) groups excluding carboxylic acids is 1. The summed E-state index contributed by atoms with van der Waals surface area (Å²) in [5, 5.41) is 12.8. The number of ether oxygens (including phenoxy) is 1. The van der Waals surface area contributed by atoms with E-state index in [4.69, 9.17) is 16.3 Å². The number of carbonyl (C=O) groups is 2. The van der Waals surface area contributed by atoms with E-state index in [1.165, 1.54) is 20.3 Å². The number of halogens is 1. The molecule has 7 heteroatoms. The van der Waals surface area contributed by atoms with Gasteiger partial charge in [-0.2, -0.15) is 0 Å². The average Bonchev–Trinajstić information content (AvgIpc) is 2.75. The molecule has 0 bridgehead atoms. The van der Waals surface area contributed by atoms with Crippen LogP contribution in [0, 0.1) is 6.92 Å². The summed E-state index contributed by atoms with van der Waals surface area (Å²) < 4.78 is 5.60. The number of carboxylic acid groups (broad SMARTS) is 1. The summed E-state index contributed by atoms with van der Waals surface area (Å²) in [4.78, 5) is 26.5. The van der Waals surface area contributed by atoms with Gasteiger partial charge in [-0.3, -0.25) is 4.79 Å². The normalized spacial score (nSPS) is 14.2. The molecule has 0 aromatic heterocycles. The van der Waals surface area contributed by atoms with E-state index >= 15 is 0 Å². The van der Waals surface area contributed by atoms with Gasteiger partial charge >= 0.3 is 5.97 Å². The zero-order valence-corrected chi connectivity index (χ0v) is 19.7. The largest absolute Gasteiger partial charge is 0.478 e. The van der Waals surface area contributed by atoms with Gasteiger partial charge in [0.1, 0.15) is 5.75 Å². The molecule has 0 spiro atoms. The van der Waals surface area contributed by atoms with Crippen molar-refractivity contribution >= 4 is 29.2 Å². The van der Waals surface area contributed by atoms with E-state index in [1.807, 2.05) is 31.2 Å². The Hall–Kier alpha value is -2.73. The van der Waals surface area contributed by atoms with Crippen molar-refractivity contribution in [3.05, 3.63) is 58.1 Å². The number of nitrogens with one attached hydrogen (secondary N) is 1. The highest BCUT2D eigenvalue weighted by atomic mass is 35.5. The maximum absolute atomic E-state index is 12.9. The molecule has 1 aliphatic heterocycles. The second-order valence-corrected chi connectivity index (χ2v) is 9.16. The lowest BCUT2D eigenvalue weighted by Crippen LogP contribution is -2.37. The predicted octanol–water partition coefficient (Wildman–Crippen LogP) is 4.85. The Kier molecular flexibility index (Phi) is 7.67. The molecule has 0 unspecified atom stereocenters. The molecule has 3 rings (SSSR count). The molecule has 1 aliphatic rings. The average molecular weight is 459 g/mol. The van der Waals surface area contributed by atoms with Crippen LogP contribution in [-0.2, 0) is 11.2 Å². The van der Waals surface area contributed by atoms with Crippen LogP contribution in [0.15, 0.2) is 36.4 Å². The second kappa shape index (κ2) is 10.3. The number of hydrogen-bond acceptors (Lipinski definition) is 4. The van der Waals surface area contributed by atoms with Crippen LogP contribution in [-0.4, -0.2) is 42.2 Å². The summed E-state index contributed by atoms with van der Waals surface area (Å²) in [7, 11) is 0. The first-order valence-electron chi connectivity index (χ1n) is 11.0. The van der Waals surface area contributed by atoms with Gasteiger partial charge in [0.05, 0.1) is 5.56 Å². The Labute approximate surface area is 194 Å². The van der Waals surface area contributed by atoms with Crippen LogP contribution in [0.3, 0.4) is 0 Å². The summed E-state index contributed by atoms with van der Waals surface area (Å²) in [6.45, 7) is 7.36. The third-order valence-electron chi connectivity index (χ3n) is 5.78. The zero-order chi connectivity index (χ0) is 23.3. The first kappa shape index (κ1) is 23.9. The maximum Gasteiger partial charge on any atom is 0.347 e. The number of rotatable bonds is 8. The Morgan fingerprint density at radius 3 is 2.50 bits per heavy atom. The van der Waals surface area contributed by atoms with Gasteiger partial charge in [0.2, 0.25) is 0 Å². The molecule has 2 aromatic carbocycles. The molecule has 32 heavy (non-hydrogen) atoms. The fraction of sp³-hybridized carbons (Fsp3) is 0.440. The summed E-state index contributed by atoms with van der Waals surface area (Å²) in [6, 6.07) is 11.0. The minimum absolute atomic E-state index is 0.131. The predicted molar refractivity (Wildman–Crippen MR) is 127 cm³/mol. The van der Waals surface area contributed by atoms with Crippen molar-refractivity contribution in [2.45, 2.75) is 52.1 Å². The fourth-order valence-electron chi connectivity index (χ4n) is 3.86. The second-order valence-electron chi connectivity index (χ2n) is 8.72. The van der Waals surface area contributed by atoms with Gasteiger partial charge in [-0.15, -0.1) is 0 Å². The van der Waals surface area contributed by atoms with Crippen molar-refractivity contribution in [3.63, 3.8) is 0 Å². The van der Waals surface area contributed by atoms with Gasteiger partial charge in [-0.05, 0) is 87.9 Å². The lowest BCUT2D eigenvalue weighted by Gasteiger charge is -2.30. The van der Waals surface area contributed by atoms with Crippen molar-refractivity contribution in [3.8, 4) is 5.75 Å². The number of amides is 1. The van der Waals surface area contributed by atoms with Crippen LogP contribution in [0.25, 0.3) is 0 Å². The molecular weight excluding hydrogens is 428 g/mol. The smallest absolute Gasteiger partial charge is 0.347 e. The van der Waals surface area contributed by atoms with Crippen LogP contribution < -0.4 is 15.0 Å². The lowest BCUT2D eigenvalue weighted by molar-refractivity contribution is -0.152. The third kappa shape index (κ3) is 5.94. The molecular formula is C25H31ClN2O4. The van der Waals surface area contributed by atoms with Gasteiger partial charge < -0.3 is 20.1 Å². The van der Waals surface area contributed by atoms with E-state index in [2.05, 4.69) is 10.2 Å². The fourth-order valence-corrected chi connectivity index (χ4v) is 4.03. The number of nitrogens with zero attached hydrogens (tertiary/aromatic N) is 1. The molecule has 6 nitrogen and oxygen atoms in total. The molecule has 1 amide bonds. The van der Waals surface area contributed by atoms with Crippen molar-refractivity contribution in [2.75, 3.05) is 24.5 Å². The number of anilines is 1. The highest BCUT2D eigenvalue weighted by molar-refractivity contribution is 6.31. The molecule has 2 N–H and O–H groups in total. The molecule has 0 atom stereocenters. The standard InChI is InChI=1S/C25H31ClN2O4/c1-17-15-20(32-25(2,3)24(30)31)9-7-18(17)11-12-27-23(29)21-16-19(26)8-10-22(21)28-13-5-4-6-14-28/h7-10,15-16H,4-6,11-14H2,1-3H3,(H,27,29)(H,30,31). The van der Waals surface area contributed by atoms with Crippen LogP contribution in [0.2, 0.25) is 5.02 Å². The van der Waals surface area contributed by atoms with E-state index in [-0.39, 0.29) is 5.91 Å². The van der Waals surface area contributed by atoms with Crippen LogP contribution >= 0.6 is 11.6 Å². The molecule has 0 saturated carbocycles. The summed E-state index contributed by atoms with van der Waals surface area (Å²) in [6.07, 6.45) is 4.14. The van der Waals surface area contributed by atoms with Crippen LogP contribution in [0.1, 0.15) is 54.6 Å². The summed E-state index contributed by atoms with van der Waals surface area (Å²) in [5.74, 6) is -0.645. The Morgan fingerprint density at radius 1 is 1.12 bits per heavy atom. The van der Waals surface area contributed by atoms with Gasteiger partial charge in [0.25, 0.3) is 5.91 Å². The molecule has 1 saturated heterocycles. The van der Waals surface area contributed by atoms with Crippen LogP contribution in [0.4, 0.5) is 5.69 Å². The minimum atomic E-state index is -1.30. The van der Waals surface area contributed by atoms with E-state index in [0.717, 1.165) is 42.7 Å². The van der Waals surface area contributed by atoms with E-state index in [0.29, 0.717) is 29.3 Å². The van der Waals surface area contributed by atoms with Crippen molar-refractivity contribution < 1.29 is 19.4 Å². The highest BCUT2D eigenvalue weighted by Crippen LogP contribution is 2.27. The van der Waals surface area contributed by atoms with Gasteiger partial charge in [0.15, 0.2) is 5.60 Å². The number of carboxylic acids is 1. The molecule has 172 valence electrons. The summed E-state index contributed by atoms with van der Waals surface area (Å²) in [5.41, 5.74) is 2.29. The quantitative estimate of drug-likeness (QED) is 0.591. The first-order valence-corrected chi connectivity index (χ1v) is 11.4. The molecule has 0 radical (unpaired) electrons. The number of benzene rings is 2. The number of aliphatic carboxylic acids is 1. The molecule has 1 heterocycles. The molecule has 2 aromatic rings. The maximum atomic E-state index is 12.9. The Morgan fingerprint density at radius 2 is 1.84 bits per heavy atom. The number of hydrogen-bond donors (Lipinski definition) is 2. The topological polar surface area (TPSA) is 78.9 Å². The number of aryl methyl sites for hydroxylation is 1. The van der Waals surface area contributed by atoms with E-state index in [1.54, 1.807) is 12.1 Å². The van der Waals surface area contributed by atoms with Crippen molar-refractivity contribution in [2.24, 2.45) is 0 Å². The first-order chi connectivity index (χ1) is 15.2. The van der Waals surface area contributed by atoms with Crippen molar-refractivity contribution in [1.29, 1.82) is 0 Å². The molecule has 1 fully saturated rings. The minimum Gasteiger partial charge on any atom is -0.478 e. The SMILES string of the molecule is Cc1cc(OC(C)(C)C(=O)O)ccc1CCNC(=O)c1cc(Cl)ccc1N1CCCCC1. The zero-order valence-electron chi connectivity index (χ0n) is 18.9. The van der Waals surface area contributed by atoms with Gasteiger partial charge in [0, 0.05) is 30.3 Å². The van der Waals surface area contributed by atoms with Crippen LogP contribution in [0.5, 0.6) is 5.75 Å². The monoisotopic (exact) mass is 458 g/mol. The Bertz CT molecular complexity index is 984.